The van der Waals surface area contributed by atoms with Gasteiger partial charge in [0.25, 0.3) is 5.56 Å². The molecule has 8 nitrogen and oxygen atoms in total. The van der Waals surface area contributed by atoms with Crippen LogP contribution in [0.25, 0.3) is 20.8 Å². The van der Waals surface area contributed by atoms with Crippen LogP contribution in [-0.4, -0.2) is 59.9 Å². The Hall–Kier alpha value is -2.49. The van der Waals surface area contributed by atoms with Gasteiger partial charge in [0, 0.05) is 31.7 Å². The van der Waals surface area contributed by atoms with E-state index in [1.165, 1.54) is 11.3 Å². The first kappa shape index (κ1) is 18.5. The number of thiazole rings is 1. The predicted octanol–water partition coefficient (Wildman–Crippen LogP) is 2.05. The third-order valence-corrected chi connectivity index (χ3v) is 6.47. The molecule has 4 heterocycles. The van der Waals surface area contributed by atoms with Crippen LogP contribution in [0.4, 0.5) is 11.8 Å². The van der Waals surface area contributed by atoms with E-state index in [1.807, 2.05) is 24.3 Å². The topological polar surface area (TPSA) is 95.2 Å². The zero-order valence-electron chi connectivity index (χ0n) is 16.3. The Balaban J connectivity index is 1.58. The van der Waals surface area contributed by atoms with Gasteiger partial charge in [-0.2, -0.15) is 4.98 Å². The number of hydrogen-bond donors (Lipinski definition) is 3. The van der Waals surface area contributed by atoms with Gasteiger partial charge in [-0.05, 0) is 25.5 Å². The summed E-state index contributed by atoms with van der Waals surface area (Å²) < 4.78 is 6.49. The molecule has 2 aromatic heterocycles. The summed E-state index contributed by atoms with van der Waals surface area (Å²) in [4.78, 5) is 27.8. The summed E-state index contributed by atoms with van der Waals surface area (Å²) in [5.74, 6) is 1.19. The second-order valence-electron chi connectivity index (χ2n) is 7.59. The van der Waals surface area contributed by atoms with E-state index >= 15 is 0 Å². The van der Waals surface area contributed by atoms with Crippen molar-refractivity contribution in [2.75, 3.05) is 43.1 Å². The van der Waals surface area contributed by atoms with Crippen molar-refractivity contribution in [1.82, 2.24) is 20.3 Å². The normalized spacial score (nSPS) is 22.3. The number of nitrogens with one attached hydrogen (secondary N) is 3. The molecule has 0 radical (unpaired) electrons. The molecule has 0 saturated carbocycles. The summed E-state index contributed by atoms with van der Waals surface area (Å²) in [5.41, 5.74) is 1.25. The molecule has 0 spiro atoms. The van der Waals surface area contributed by atoms with Crippen LogP contribution in [0.2, 0.25) is 0 Å². The van der Waals surface area contributed by atoms with E-state index in [4.69, 9.17) is 14.7 Å². The number of benzene rings is 1. The van der Waals surface area contributed by atoms with E-state index in [-0.39, 0.29) is 11.6 Å². The molecule has 3 N–H and O–H groups in total. The van der Waals surface area contributed by atoms with Crippen molar-refractivity contribution in [3.8, 4) is 10.6 Å². The number of para-hydroxylation sites is 1. The largest absolute Gasteiger partial charge is 0.378 e. The Bertz CT molecular complexity index is 1040. The van der Waals surface area contributed by atoms with E-state index in [9.17, 15) is 4.79 Å². The summed E-state index contributed by atoms with van der Waals surface area (Å²) in [7, 11) is 0. The van der Waals surface area contributed by atoms with Crippen molar-refractivity contribution in [3.05, 3.63) is 34.6 Å². The maximum atomic E-state index is 13.2. The highest BCUT2D eigenvalue weighted by atomic mass is 32.1. The lowest BCUT2D eigenvalue weighted by Gasteiger charge is -2.28. The highest BCUT2D eigenvalue weighted by Gasteiger charge is 2.26. The average molecular weight is 413 g/mol. The number of rotatable bonds is 4. The number of H-pyrrole nitrogens is 1. The SMILES string of the molecule is CC1CC(Nc2nc(N3CCOCC3)[nH]c(=O)c2-c2nc3ccccc3s2)CN1. The Morgan fingerprint density at radius 2 is 2.07 bits per heavy atom. The maximum Gasteiger partial charge on any atom is 0.264 e. The third kappa shape index (κ3) is 3.73. The standard InChI is InChI=1S/C20H24N6O2S/c1-12-10-13(11-21-12)22-17-16(19-23-14-4-2-3-5-15(14)29-19)18(27)25-20(24-17)26-6-8-28-9-7-26/h2-5,12-13,21H,6-11H2,1H3,(H2,22,24,25,27). The minimum Gasteiger partial charge on any atom is -0.378 e. The molecule has 0 amide bonds. The molecule has 2 aliphatic heterocycles. The number of morpholine rings is 1. The molecular formula is C20H24N6O2S. The lowest BCUT2D eigenvalue weighted by Crippen LogP contribution is -2.38. The van der Waals surface area contributed by atoms with Crippen LogP contribution < -0.4 is 21.1 Å². The van der Waals surface area contributed by atoms with Gasteiger partial charge in [0.2, 0.25) is 5.95 Å². The molecule has 1 aromatic carbocycles. The van der Waals surface area contributed by atoms with E-state index in [1.54, 1.807) is 0 Å². The number of hydrogen-bond acceptors (Lipinski definition) is 8. The smallest absolute Gasteiger partial charge is 0.264 e. The Morgan fingerprint density at radius 1 is 1.24 bits per heavy atom. The predicted molar refractivity (Wildman–Crippen MR) is 116 cm³/mol. The molecule has 2 atom stereocenters. The molecule has 152 valence electrons. The molecule has 2 aliphatic rings. The van der Waals surface area contributed by atoms with Gasteiger partial charge in [-0.3, -0.25) is 9.78 Å². The molecule has 5 rings (SSSR count). The van der Waals surface area contributed by atoms with Crippen LogP contribution in [0.3, 0.4) is 0 Å². The van der Waals surface area contributed by atoms with Crippen molar-refractivity contribution < 1.29 is 4.74 Å². The summed E-state index contributed by atoms with van der Waals surface area (Å²) in [6, 6.07) is 8.61. The minimum absolute atomic E-state index is 0.165. The monoisotopic (exact) mass is 412 g/mol. The Labute approximate surface area is 172 Å². The van der Waals surface area contributed by atoms with Gasteiger partial charge in [0.05, 0.1) is 23.4 Å². The number of aromatic amines is 1. The molecular weight excluding hydrogens is 388 g/mol. The zero-order valence-corrected chi connectivity index (χ0v) is 17.1. The van der Waals surface area contributed by atoms with Crippen LogP contribution >= 0.6 is 11.3 Å². The first-order valence-electron chi connectivity index (χ1n) is 10.0. The molecule has 0 aliphatic carbocycles. The highest BCUT2D eigenvalue weighted by Crippen LogP contribution is 2.32. The molecule has 2 fully saturated rings. The van der Waals surface area contributed by atoms with Crippen LogP contribution in [0.1, 0.15) is 13.3 Å². The van der Waals surface area contributed by atoms with Gasteiger partial charge in [0.15, 0.2) is 0 Å². The van der Waals surface area contributed by atoms with Gasteiger partial charge < -0.3 is 20.3 Å². The van der Waals surface area contributed by atoms with Crippen LogP contribution in [0, 0.1) is 0 Å². The van der Waals surface area contributed by atoms with Crippen molar-refractivity contribution in [2.24, 2.45) is 0 Å². The van der Waals surface area contributed by atoms with E-state index < -0.39 is 0 Å². The summed E-state index contributed by atoms with van der Waals surface area (Å²) in [5, 5.41) is 7.65. The fourth-order valence-corrected chi connectivity index (χ4v) is 4.92. The second-order valence-corrected chi connectivity index (χ2v) is 8.62. The Morgan fingerprint density at radius 3 is 2.83 bits per heavy atom. The van der Waals surface area contributed by atoms with Crippen LogP contribution in [0.5, 0.6) is 0 Å². The van der Waals surface area contributed by atoms with E-state index in [0.29, 0.717) is 54.7 Å². The van der Waals surface area contributed by atoms with Gasteiger partial charge in [0.1, 0.15) is 16.4 Å². The van der Waals surface area contributed by atoms with Crippen molar-refractivity contribution in [3.63, 3.8) is 0 Å². The average Bonchev–Trinajstić information content (AvgIpc) is 3.34. The molecule has 2 saturated heterocycles. The first-order chi connectivity index (χ1) is 14.2. The lowest BCUT2D eigenvalue weighted by atomic mass is 10.2. The fraction of sp³-hybridized carbons (Fsp3) is 0.450. The fourth-order valence-electron chi connectivity index (χ4n) is 3.91. The van der Waals surface area contributed by atoms with Crippen molar-refractivity contribution in [2.45, 2.75) is 25.4 Å². The van der Waals surface area contributed by atoms with Crippen molar-refractivity contribution in [1.29, 1.82) is 0 Å². The number of ether oxygens (including phenoxy) is 1. The van der Waals surface area contributed by atoms with Gasteiger partial charge >= 0.3 is 0 Å². The van der Waals surface area contributed by atoms with Gasteiger partial charge in [-0.25, -0.2) is 4.98 Å². The van der Waals surface area contributed by atoms with Crippen LogP contribution in [-0.2, 0) is 4.74 Å². The lowest BCUT2D eigenvalue weighted by molar-refractivity contribution is 0.122. The summed E-state index contributed by atoms with van der Waals surface area (Å²) >= 11 is 1.52. The third-order valence-electron chi connectivity index (χ3n) is 5.42. The number of fused-ring (bicyclic) bond motifs is 1. The summed E-state index contributed by atoms with van der Waals surface area (Å²) in [6.45, 7) is 5.71. The number of aromatic nitrogens is 3. The molecule has 3 aromatic rings. The zero-order chi connectivity index (χ0) is 19.8. The first-order valence-corrected chi connectivity index (χ1v) is 10.8. The van der Waals surface area contributed by atoms with Crippen molar-refractivity contribution >= 4 is 33.3 Å². The quantitative estimate of drug-likeness (QED) is 0.604. The molecule has 29 heavy (non-hydrogen) atoms. The Kier molecular flexibility index (Phi) is 4.94. The van der Waals surface area contributed by atoms with Crippen LogP contribution in [0.15, 0.2) is 29.1 Å². The minimum atomic E-state index is -0.165. The van der Waals surface area contributed by atoms with Gasteiger partial charge in [-0.15, -0.1) is 11.3 Å². The van der Waals surface area contributed by atoms with Gasteiger partial charge in [-0.1, -0.05) is 12.1 Å². The molecule has 0 bridgehead atoms. The molecule has 9 heteroatoms. The molecule has 2 unspecified atom stereocenters. The maximum absolute atomic E-state index is 13.2. The summed E-state index contributed by atoms with van der Waals surface area (Å²) in [6.07, 6.45) is 0.987. The highest BCUT2D eigenvalue weighted by molar-refractivity contribution is 7.21. The number of anilines is 2. The van der Waals surface area contributed by atoms with E-state index in [0.717, 1.165) is 23.2 Å². The second kappa shape index (κ2) is 7.74. The number of nitrogens with zero attached hydrogens (tertiary/aromatic N) is 3. The van der Waals surface area contributed by atoms with E-state index in [2.05, 4.69) is 27.4 Å².